The molecule has 0 bridgehead atoms. The third kappa shape index (κ3) is 15.1. The van der Waals surface area contributed by atoms with E-state index in [4.69, 9.17) is 0 Å². The second-order valence-corrected chi connectivity index (χ2v) is 11.9. The van der Waals surface area contributed by atoms with Crippen LogP contribution in [0.5, 0.6) is 0 Å². The molecule has 0 amide bonds. The van der Waals surface area contributed by atoms with Crippen LogP contribution in [0.2, 0.25) is 0 Å². The highest BCUT2D eigenvalue weighted by molar-refractivity contribution is 4.83. The predicted molar refractivity (Wildman–Crippen MR) is 161 cm³/mol. The van der Waals surface area contributed by atoms with Gasteiger partial charge in [-0.25, -0.2) is 0 Å². The molecule has 0 radical (unpaired) electrons. The van der Waals surface area contributed by atoms with Gasteiger partial charge >= 0.3 is 0 Å². The summed E-state index contributed by atoms with van der Waals surface area (Å²) in [5, 5.41) is 0. The Hall–Kier alpha value is -0.0800. The van der Waals surface area contributed by atoms with Crippen LogP contribution in [0.3, 0.4) is 0 Å². The van der Waals surface area contributed by atoms with Crippen LogP contribution in [0, 0.1) is 35.5 Å². The maximum absolute atomic E-state index is 2.73. The van der Waals surface area contributed by atoms with E-state index >= 15 is 0 Å². The van der Waals surface area contributed by atoms with Crippen molar-refractivity contribution in [3.05, 3.63) is 0 Å². The quantitative estimate of drug-likeness (QED) is 0.298. The fraction of sp³-hybridized carbons (Fsp3) is 1.00. The summed E-state index contributed by atoms with van der Waals surface area (Å²) in [4.78, 5) is 5.21. The summed E-state index contributed by atoms with van der Waals surface area (Å²) >= 11 is 0. The van der Waals surface area contributed by atoms with E-state index in [-0.39, 0.29) is 0 Å². The van der Waals surface area contributed by atoms with Gasteiger partial charge in [-0.1, -0.05) is 94.4 Å². The molecule has 2 aliphatic heterocycles. The molecule has 0 spiro atoms. The van der Waals surface area contributed by atoms with Crippen molar-refractivity contribution in [1.82, 2.24) is 9.80 Å². The third-order valence-corrected chi connectivity index (χ3v) is 8.90. The zero-order chi connectivity index (χ0) is 26.6. The molecule has 3 fully saturated rings. The van der Waals surface area contributed by atoms with E-state index in [9.17, 15) is 0 Å². The molecule has 1 saturated carbocycles. The van der Waals surface area contributed by atoms with E-state index in [0.29, 0.717) is 0 Å². The number of hydrogen-bond acceptors (Lipinski definition) is 2. The second-order valence-electron chi connectivity index (χ2n) is 11.9. The Morgan fingerprint density at radius 1 is 0.686 bits per heavy atom. The lowest BCUT2D eigenvalue weighted by atomic mass is 9.73. The summed E-state index contributed by atoms with van der Waals surface area (Å²) in [5.41, 5.74) is 0. The van der Waals surface area contributed by atoms with Crippen LogP contribution >= 0.6 is 0 Å². The zero-order valence-electron chi connectivity index (χ0n) is 26.4. The molecule has 35 heavy (non-hydrogen) atoms. The van der Waals surface area contributed by atoms with Gasteiger partial charge in [-0.05, 0) is 114 Å². The van der Waals surface area contributed by atoms with Gasteiger partial charge in [0.25, 0.3) is 0 Å². The number of likely N-dealkylation sites (tertiary alicyclic amines) is 2. The van der Waals surface area contributed by atoms with Gasteiger partial charge in [0.15, 0.2) is 0 Å². The predicted octanol–water partition coefficient (Wildman–Crippen LogP) is 9.78. The smallest absolute Gasteiger partial charge is 0.000986 e. The van der Waals surface area contributed by atoms with E-state index in [1.165, 1.54) is 110 Å². The van der Waals surface area contributed by atoms with Crippen LogP contribution in [-0.2, 0) is 0 Å². The van der Waals surface area contributed by atoms with Gasteiger partial charge in [0, 0.05) is 6.54 Å². The van der Waals surface area contributed by atoms with Crippen LogP contribution in [0.1, 0.15) is 139 Å². The van der Waals surface area contributed by atoms with Crippen molar-refractivity contribution in [2.75, 3.05) is 39.8 Å². The molecule has 0 aromatic carbocycles. The number of hydrogen-bond donors (Lipinski definition) is 0. The Bertz CT molecular complexity index is 420. The molecule has 3 rings (SSSR count). The lowest BCUT2D eigenvalue weighted by Crippen LogP contribution is -2.41. The van der Waals surface area contributed by atoms with Gasteiger partial charge in [0.2, 0.25) is 0 Å². The molecule has 0 N–H and O–H groups in total. The van der Waals surface area contributed by atoms with E-state index in [1.807, 2.05) is 27.7 Å². The molecule has 2 nitrogen and oxygen atoms in total. The summed E-state index contributed by atoms with van der Waals surface area (Å²) in [5.74, 6) is 6.06. The highest BCUT2D eigenvalue weighted by atomic mass is 15.1. The molecule has 2 saturated heterocycles. The van der Waals surface area contributed by atoms with Crippen molar-refractivity contribution in [2.24, 2.45) is 35.5 Å². The van der Waals surface area contributed by atoms with Crippen LogP contribution in [0.4, 0.5) is 0 Å². The molecule has 0 unspecified atom stereocenters. The fourth-order valence-corrected chi connectivity index (χ4v) is 6.49. The van der Waals surface area contributed by atoms with Crippen molar-refractivity contribution in [3.8, 4) is 0 Å². The van der Waals surface area contributed by atoms with Crippen LogP contribution in [0.25, 0.3) is 0 Å². The molecule has 2 heterocycles. The average Bonchev–Trinajstić information content (AvgIpc) is 2.86. The van der Waals surface area contributed by atoms with Crippen LogP contribution in [0.15, 0.2) is 0 Å². The van der Waals surface area contributed by atoms with E-state index < -0.39 is 0 Å². The van der Waals surface area contributed by atoms with Crippen molar-refractivity contribution >= 4 is 0 Å². The fourth-order valence-electron chi connectivity index (χ4n) is 6.49. The average molecular weight is 495 g/mol. The number of rotatable bonds is 10. The van der Waals surface area contributed by atoms with Gasteiger partial charge < -0.3 is 9.80 Å². The van der Waals surface area contributed by atoms with Gasteiger partial charge in [-0.2, -0.15) is 0 Å². The first-order valence-corrected chi connectivity index (χ1v) is 16.4. The van der Waals surface area contributed by atoms with Crippen LogP contribution in [-0.4, -0.2) is 49.6 Å². The minimum absolute atomic E-state index is 0.898. The molecular formula is C33H70N2. The molecule has 0 aromatic rings. The van der Waals surface area contributed by atoms with Crippen molar-refractivity contribution < 1.29 is 0 Å². The van der Waals surface area contributed by atoms with Gasteiger partial charge in [0.05, 0.1) is 0 Å². The van der Waals surface area contributed by atoms with E-state index in [0.717, 1.165) is 35.5 Å². The van der Waals surface area contributed by atoms with Gasteiger partial charge in [0.1, 0.15) is 0 Å². The standard InChI is InChI=1S/C15H29N.C14H29N.2C2H6/c1-4-13-9-14(10-13)11-16-7-5-15(6-8-16)12(2)3;1-4-6-13(7-5-2)12-14-8-10-15(3)11-9-14;2*1-2/h12-15H,4-11H2,1-3H3;13-14H,4-12H2,1-3H3;2*1-2H3. The Morgan fingerprint density at radius 3 is 1.63 bits per heavy atom. The SMILES string of the molecule is CC.CC.CCC1CC(CN2CCC(C(C)C)CC2)C1.CCCC(CCC)CC1CCN(C)CC1. The Labute approximate surface area is 224 Å². The molecule has 212 valence electrons. The third-order valence-electron chi connectivity index (χ3n) is 8.90. The summed E-state index contributed by atoms with van der Waals surface area (Å²) in [6.45, 7) is 26.6. The summed E-state index contributed by atoms with van der Waals surface area (Å²) in [7, 11) is 2.26. The molecule has 0 atom stereocenters. The lowest BCUT2D eigenvalue weighted by molar-refractivity contribution is 0.0881. The van der Waals surface area contributed by atoms with Gasteiger partial charge in [-0.3, -0.25) is 0 Å². The Kier molecular flexibility index (Phi) is 21.9. The summed E-state index contributed by atoms with van der Waals surface area (Å²) < 4.78 is 0. The topological polar surface area (TPSA) is 6.48 Å². The van der Waals surface area contributed by atoms with Crippen molar-refractivity contribution in [2.45, 2.75) is 139 Å². The first-order chi connectivity index (χ1) is 16.9. The number of piperidine rings is 2. The van der Waals surface area contributed by atoms with Crippen LogP contribution < -0.4 is 0 Å². The second kappa shape index (κ2) is 22.0. The Balaban J connectivity index is 0.000000580. The minimum atomic E-state index is 0.898. The largest absolute Gasteiger partial charge is 0.306 e. The normalized spacial score (nSPS) is 24.0. The number of nitrogens with zero attached hydrogens (tertiary/aromatic N) is 2. The van der Waals surface area contributed by atoms with Crippen molar-refractivity contribution in [3.63, 3.8) is 0 Å². The van der Waals surface area contributed by atoms with E-state index in [1.54, 1.807) is 0 Å². The molecule has 3 aliphatic rings. The highest BCUT2D eigenvalue weighted by Gasteiger charge is 2.30. The molecule has 0 aromatic heterocycles. The van der Waals surface area contributed by atoms with Crippen molar-refractivity contribution in [1.29, 1.82) is 0 Å². The maximum atomic E-state index is 2.73. The molecule has 1 aliphatic carbocycles. The Morgan fingerprint density at radius 2 is 1.20 bits per heavy atom. The zero-order valence-corrected chi connectivity index (χ0v) is 26.4. The first kappa shape index (κ1) is 34.9. The van der Waals surface area contributed by atoms with E-state index in [2.05, 4.69) is 51.5 Å². The highest BCUT2D eigenvalue weighted by Crippen LogP contribution is 2.37. The van der Waals surface area contributed by atoms with Gasteiger partial charge in [-0.15, -0.1) is 0 Å². The first-order valence-electron chi connectivity index (χ1n) is 16.4. The maximum Gasteiger partial charge on any atom is 0.000986 e. The monoisotopic (exact) mass is 495 g/mol. The minimum Gasteiger partial charge on any atom is -0.306 e. The molecular weight excluding hydrogens is 424 g/mol. The summed E-state index contributed by atoms with van der Waals surface area (Å²) in [6.07, 6.45) is 17.4. The molecule has 2 heteroatoms. The lowest BCUT2D eigenvalue weighted by Gasteiger charge is -2.41. The summed E-state index contributed by atoms with van der Waals surface area (Å²) in [6, 6.07) is 0.